The Balaban J connectivity index is 1.68. The molecule has 0 saturated carbocycles. The first-order valence-corrected chi connectivity index (χ1v) is 12.0. The Morgan fingerprint density at radius 3 is 1.97 bits per heavy atom. The third kappa shape index (κ3) is 8.27. The van der Waals surface area contributed by atoms with E-state index in [0.29, 0.717) is 12.3 Å². The van der Waals surface area contributed by atoms with Crippen molar-refractivity contribution >= 4 is 17.9 Å². The number of amides is 2. The summed E-state index contributed by atoms with van der Waals surface area (Å²) in [6.07, 6.45) is 1.52. The Labute approximate surface area is 217 Å². The van der Waals surface area contributed by atoms with Crippen LogP contribution in [0.5, 0.6) is 0 Å². The van der Waals surface area contributed by atoms with Crippen LogP contribution in [0.25, 0.3) is 11.3 Å². The van der Waals surface area contributed by atoms with Gasteiger partial charge in [-0.2, -0.15) is 10.2 Å². The van der Waals surface area contributed by atoms with E-state index in [1.54, 1.807) is 54.7 Å². The number of oxazole rings is 1. The summed E-state index contributed by atoms with van der Waals surface area (Å²) >= 11 is 0. The van der Waals surface area contributed by atoms with Gasteiger partial charge in [0, 0.05) is 5.56 Å². The zero-order chi connectivity index (χ0) is 27.2. The van der Waals surface area contributed by atoms with Crippen molar-refractivity contribution in [3.05, 3.63) is 72.2 Å². The molecule has 0 bridgehead atoms. The predicted molar refractivity (Wildman–Crippen MR) is 139 cm³/mol. The molecule has 1 heterocycles. The number of hydrogen-bond acceptors (Lipinski definition) is 8. The minimum atomic E-state index is -0.763. The third-order valence-corrected chi connectivity index (χ3v) is 5.05. The van der Waals surface area contributed by atoms with Crippen LogP contribution in [0.2, 0.25) is 0 Å². The van der Waals surface area contributed by atoms with Crippen molar-refractivity contribution in [1.82, 2.24) is 9.88 Å². The molecule has 2 amide bonds. The molecule has 9 heteroatoms. The molecule has 1 atom stereocenters. The maximum atomic E-state index is 12.9. The first kappa shape index (κ1) is 27.6. The lowest BCUT2D eigenvalue weighted by atomic mass is 10.1. The predicted octanol–water partition coefficient (Wildman–Crippen LogP) is 7.86. The molecule has 196 valence electrons. The minimum Gasteiger partial charge on any atom is -0.444 e. The highest BCUT2D eigenvalue weighted by Crippen LogP contribution is 2.26. The van der Waals surface area contributed by atoms with Crippen LogP contribution in [0.1, 0.15) is 65.6 Å². The standard InChI is InChI=1S/C28H34N4O5/c1-19(32(25(33)36-27(2,3)4)26(34)37-28(5,6)7)21-10-8-20(9-11-21)16-30-31-23-14-12-22(13-15-23)24-17-29-18-35-24/h8-15,17-19H,16H2,1-7H3. The van der Waals surface area contributed by atoms with Gasteiger partial charge in [0.2, 0.25) is 0 Å². The van der Waals surface area contributed by atoms with E-state index < -0.39 is 29.4 Å². The molecule has 2 aromatic carbocycles. The number of benzene rings is 2. The fourth-order valence-corrected chi connectivity index (χ4v) is 3.31. The average Bonchev–Trinajstić information content (AvgIpc) is 3.32. The second-order valence-corrected chi connectivity index (χ2v) is 10.6. The molecule has 0 N–H and O–H groups in total. The first-order valence-electron chi connectivity index (χ1n) is 12.0. The van der Waals surface area contributed by atoms with E-state index in [4.69, 9.17) is 13.9 Å². The number of imide groups is 1. The summed E-state index contributed by atoms with van der Waals surface area (Å²) in [5, 5.41) is 8.55. The van der Waals surface area contributed by atoms with Gasteiger partial charge >= 0.3 is 12.2 Å². The highest BCUT2D eigenvalue weighted by Gasteiger charge is 2.35. The quantitative estimate of drug-likeness (QED) is 0.315. The number of nitrogens with zero attached hydrogens (tertiary/aromatic N) is 4. The molecule has 0 spiro atoms. The van der Waals surface area contributed by atoms with E-state index in [0.717, 1.165) is 27.3 Å². The van der Waals surface area contributed by atoms with Crippen LogP contribution in [-0.2, 0) is 16.0 Å². The van der Waals surface area contributed by atoms with Gasteiger partial charge in [0.25, 0.3) is 0 Å². The lowest BCUT2D eigenvalue weighted by Crippen LogP contribution is -2.44. The number of carbonyl (C=O) groups excluding carboxylic acids is 2. The Kier molecular flexibility index (Phi) is 8.47. The summed E-state index contributed by atoms with van der Waals surface area (Å²) in [6, 6.07) is 14.4. The average molecular weight is 507 g/mol. The van der Waals surface area contributed by atoms with Gasteiger partial charge in [-0.15, -0.1) is 0 Å². The smallest absolute Gasteiger partial charge is 0.420 e. The molecule has 0 aliphatic heterocycles. The molecular formula is C28H34N4O5. The molecule has 0 fully saturated rings. The highest BCUT2D eigenvalue weighted by molar-refractivity contribution is 5.88. The van der Waals surface area contributed by atoms with Gasteiger partial charge < -0.3 is 13.9 Å². The molecule has 9 nitrogen and oxygen atoms in total. The monoisotopic (exact) mass is 506 g/mol. The third-order valence-electron chi connectivity index (χ3n) is 5.05. The summed E-state index contributed by atoms with van der Waals surface area (Å²) < 4.78 is 16.2. The van der Waals surface area contributed by atoms with Crippen molar-refractivity contribution in [2.75, 3.05) is 0 Å². The molecule has 1 unspecified atom stereocenters. The van der Waals surface area contributed by atoms with Gasteiger partial charge in [-0.3, -0.25) is 0 Å². The van der Waals surface area contributed by atoms with Crippen molar-refractivity contribution in [3.8, 4) is 11.3 Å². The van der Waals surface area contributed by atoms with Crippen molar-refractivity contribution in [2.45, 2.75) is 72.3 Å². The molecular weight excluding hydrogens is 472 g/mol. The van der Waals surface area contributed by atoms with Gasteiger partial charge in [-0.25, -0.2) is 19.5 Å². The van der Waals surface area contributed by atoms with E-state index in [9.17, 15) is 9.59 Å². The van der Waals surface area contributed by atoms with Crippen LogP contribution in [0.3, 0.4) is 0 Å². The van der Waals surface area contributed by atoms with Crippen molar-refractivity contribution in [3.63, 3.8) is 0 Å². The fraction of sp³-hybridized carbons (Fsp3) is 0.393. The molecule has 0 radical (unpaired) electrons. The van der Waals surface area contributed by atoms with Gasteiger partial charge in [0.05, 0.1) is 24.5 Å². The lowest BCUT2D eigenvalue weighted by Gasteiger charge is -2.32. The molecule has 3 rings (SSSR count). The maximum Gasteiger partial charge on any atom is 0.420 e. The van der Waals surface area contributed by atoms with E-state index in [2.05, 4.69) is 15.2 Å². The van der Waals surface area contributed by atoms with E-state index in [-0.39, 0.29) is 0 Å². The van der Waals surface area contributed by atoms with Crippen LogP contribution in [0.4, 0.5) is 15.3 Å². The van der Waals surface area contributed by atoms with Crippen LogP contribution >= 0.6 is 0 Å². The maximum absolute atomic E-state index is 12.9. The number of rotatable bonds is 6. The number of azo groups is 1. The molecule has 0 aliphatic carbocycles. The molecule has 1 aromatic heterocycles. The zero-order valence-corrected chi connectivity index (χ0v) is 22.4. The van der Waals surface area contributed by atoms with Gasteiger partial charge in [0.15, 0.2) is 12.2 Å². The summed E-state index contributed by atoms with van der Waals surface area (Å²) in [5.74, 6) is 0.690. The molecule has 37 heavy (non-hydrogen) atoms. The topological polar surface area (TPSA) is 107 Å². The lowest BCUT2D eigenvalue weighted by molar-refractivity contribution is -0.00609. The van der Waals surface area contributed by atoms with Crippen molar-refractivity contribution in [2.24, 2.45) is 10.2 Å². The number of carbonyl (C=O) groups is 2. The number of hydrogen-bond donors (Lipinski definition) is 0. The molecule has 0 aliphatic rings. The van der Waals surface area contributed by atoms with Crippen molar-refractivity contribution in [1.29, 1.82) is 0 Å². The first-order chi connectivity index (χ1) is 17.3. The van der Waals surface area contributed by atoms with Crippen LogP contribution in [0.15, 0.2) is 75.8 Å². The summed E-state index contributed by atoms with van der Waals surface area (Å²) in [6.45, 7) is 12.6. The number of ether oxygens (including phenoxy) is 2. The molecule has 3 aromatic rings. The SMILES string of the molecule is CC(c1ccc(CN=Nc2ccc(-c3cnco3)cc2)cc1)N(C(=O)OC(C)(C)C)C(=O)OC(C)(C)C. The second-order valence-electron chi connectivity index (χ2n) is 10.6. The van der Waals surface area contributed by atoms with Gasteiger partial charge in [-0.05, 0) is 83.9 Å². The highest BCUT2D eigenvalue weighted by atomic mass is 16.6. The van der Waals surface area contributed by atoms with Crippen LogP contribution in [-0.4, -0.2) is 33.3 Å². The Bertz CT molecular complexity index is 1180. The van der Waals surface area contributed by atoms with Gasteiger partial charge in [-0.1, -0.05) is 24.3 Å². The summed E-state index contributed by atoms with van der Waals surface area (Å²) in [4.78, 5) is 30.7. The van der Waals surface area contributed by atoms with Crippen LogP contribution < -0.4 is 0 Å². The largest absolute Gasteiger partial charge is 0.444 e. The van der Waals surface area contributed by atoms with E-state index in [1.165, 1.54) is 6.39 Å². The minimum absolute atomic E-state index is 0.375. The Morgan fingerprint density at radius 2 is 1.49 bits per heavy atom. The zero-order valence-electron chi connectivity index (χ0n) is 22.4. The summed E-state index contributed by atoms with van der Waals surface area (Å²) in [7, 11) is 0. The van der Waals surface area contributed by atoms with Crippen molar-refractivity contribution < 1.29 is 23.5 Å². The normalized spacial score (nSPS) is 12.8. The van der Waals surface area contributed by atoms with Gasteiger partial charge in [0.1, 0.15) is 11.2 Å². The molecule has 0 saturated heterocycles. The fourth-order valence-electron chi connectivity index (χ4n) is 3.31. The van der Waals surface area contributed by atoms with Crippen LogP contribution in [0, 0.1) is 0 Å². The summed E-state index contributed by atoms with van der Waals surface area (Å²) in [5.41, 5.74) is 1.79. The Hall–Kier alpha value is -4.01. The van der Waals surface area contributed by atoms with E-state index >= 15 is 0 Å². The Morgan fingerprint density at radius 1 is 0.919 bits per heavy atom. The van der Waals surface area contributed by atoms with E-state index in [1.807, 2.05) is 48.5 Å². The number of aromatic nitrogens is 1. The second kappa shape index (κ2) is 11.4.